The lowest BCUT2D eigenvalue weighted by Gasteiger charge is -2.49. The molecule has 1 N–H and O–H groups in total. The van der Waals surface area contributed by atoms with Gasteiger partial charge >= 0.3 is 17.9 Å². The number of carboxylic acid groups (broad SMARTS) is 1. The SMILES string of the molecule is CCCN(Cc1ccc(Oc2ccccc2)cc1)C(=O)[C@@H]1[C@H](C(=O)O)[C@@H](C(=O)OCOC(=O)CC)[C@H]1C(=O)N(CCC)Cc1ccc(Oc2ccccc2)cc1. The van der Waals surface area contributed by atoms with Crippen molar-refractivity contribution in [2.24, 2.45) is 23.7 Å². The molecular formula is C44H48N2O10. The molecule has 56 heavy (non-hydrogen) atoms. The van der Waals surface area contributed by atoms with Gasteiger partial charge in [-0.2, -0.15) is 0 Å². The molecule has 0 spiro atoms. The number of nitrogens with zero attached hydrogens (tertiary/aromatic N) is 2. The van der Waals surface area contributed by atoms with Gasteiger partial charge < -0.3 is 33.9 Å². The van der Waals surface area contributed by atoms with Gasteiger partial charge in [0, 0.05) is 32.6 Å². The minimum absolute atomic E-state index is 0.0395. The lowest BCUT2D eigenvalue weighted by molar-refractivity contribution is -0.196. The molecule has 4 aromatic carbocycles. The number of para-hydroxylation sites is 2. The van der Waals surface area contributed by atoms with Crippen LogP contribution in [0, 0.1) is 23.7 Å². The van der Waals surface area contributed by atoms with Gasteiger partial charge in [0.25, 0.3) is 0 Å². The molecule has 0 aromatic heterocycles. The summed E-state index contributed by atoms with van der Waals surface area (Å²) in [6.07, 6.45) is 1.16. The lowest BCUT2D eigenvalue weighted by atomic mass is 9.55. The fourth-order valence-electron chi connectivity index (χ4n) is 6.83. The summed E-state index contributed by atoms with van der Waals surface area (Å²) in [5.74, 6) is -7.35. The van der Waals surface area contributed by atoms with Crippen LogP contribution in [0.1, 0.15) is 51.2 Å². The molecule has 0 saturated heterocycles. The van der Waals surface area contributed by atoms with Gasteiger partial charge in [-0.25, -0.2) is 0 Å². The molecule has 1 fully saturated rings. The summed E-state index contributed by atoms with van der Waals surface area (Å²) in [4.78, 5) is 70.4. The number of carbonyl (C=O) groups excluding carboxylic acids is 4. The number of ether oxygens (including phenoxy) is 4. The Morgan fingerprint density at radius 2 is 0.946 bits per heavy atom. The van der Waals surface area contributed by atoms with E-state index in [1.807, 2.05) is 98.8 Å². The predicted octanol–water partition coefficient (Wildman–Crippen LogP) is 7.47. The van der Waals surface area contributed by atoms with Gasteiger partial charge in [-0.1, -0.05) is 81.4 Å². The van der Waals surface area contributed by atoms with Crippen molar-refractivity contribution < 1.29 is 48.0 Å². The van der Waals surface area contributed by atoms with Crippen molar-refractivity contribution in [1.29, 1.82) is 0 Å². The highest BCUT2D eigenvalue weighted by molar-refractivity contribution is 6.00. The number of amides is 2. The van der Waals surface area contributed by atoms with Crippen molar-refractivity contribution in [3.63, 3.8) is 0 Å². The molecule has 1 saturated carbocycles. The summed E-state index contributed by atoms with van der Waals surface area (Å²) in [5, 5.41) is 10.5. The Morgan fingerprint density at radius 1 is 0.536 bits per heavy atom. The fraction of sp³-hybridized carbons (Fsp3) is 0.341. The summed E-state index contributed by atoms with van der Waals surface area (Å²) >= 11 is 0. The second kappa shape index (κ2) is 19.9. The van der Waals surface area contributed by atoms with E-state index in [4.69, 9.17) is 18.9 Å². The Balaban J connectivity index is 1.40. The molecule has 0 heterocycles. The molecule has 294 valence electrons. The summed E-state index contributed by atoms with van der Waals surface area (Å²) in [5.41, 5.74) is 1.53. The molecule has 1 aliphatic carbocycles. The second-order valence-corrected chi connectivity index (χ2v) is 13.5. The van der Waals surface area contributed by atoms with Crippen LogP contribution < -0.4 is 9.47 Å². The van der Waals surface area contributed by atoms with Crippen LogP contribution in [0.25, 0.3) is 0 Å². The lowest BCUT2D eigenvalue weighted by Crippen LogP contribution is -2.64. The van der Waals surface area contributed by atoms with Crippen LogP contribution in [-0.4, -0.2) is 64.5 Å². The van der Waals surface area contributed by atoms with E-state index in [1.54, 1.807) is 36.1 Å². The highest BCUT2D eigenvalue weighted by Gasteiger charge is 2.65. The van der Waals surface area contributed by atoms with Crippen LogP contribution >= 0.6 is 0 Å². The third-order valence-electron chi connectivity index (χ3n) is 9.55. The molecule has 12 nitrogen and oxygen atoms in total. The van der Waals surface area contributed by atoms with Gasteiger partial charge in [0.1, 0.15) is 23.0 Å². The first-order valence-corrected chi connectivity index (χ1v) is 18.9. The van der Waals surface area contributed by atoms with Crippen LogP contribution in [0.4, 0.5) is 0 Å². The first kappa shape index (κ1) is 41.0. The van der Waals surface area contributed by atoms with Crippen LogP contribution in [0.5, 0.6) is 23.0 Å². The third-order valence-corrected chi connectivity index (χ3v) is 9.55. The fourth-order valence-corrected chi connectivity index (χ4v) is 6.83. The predicted molar refractivity (Wildman–Crippen MR) is 206 cm³/mol. The van der Waals surface area contributed by atoms with E-state index in [0.717, 1.165) is 11.1 Å². The van der Waals surface area contributed by atoms with E-state index in [2.05, 4.69) is 0 Å². The van der Waals surface area contributed by atoms with Crippen LogP contribution in [-0.2, 0) is 46.5 Å². The van der Waals surface area contributed by atoms with E-state index < -0.39 is 60.2 Å². The Morgan fingerprint density at radius 3 is 1.34 bits per heavy atom. The highest BCUT2D eigenvalue weighted by atomic mass is 16.7. The normalized spacial score (nSPS) is 17.1. The molecule has 0 unspecified atom stereocenters. The number of rotatable bonds is 19. The maximum absolute atomic E-state index is 14.6. The Kier molecular flexibility index (Phi) is 14.6. The molecule has 5 rings (SSSR count). The standard InChI is InChI=1S/C44H48N2O10/c1-4-25-45(27-30-17-21-34(22-18-30)55-32-13-9-7-10-14-32)41(48)37-38(40(39(37)43(50)51)44(52)54-29-53-36(47)6-3)42(49)46(26-5-2)28-31-19-23-35(24-20-31)56-33-15-11-8-12-16-33/h7-24,37-40H,4-6,25-29H2,1-3H3,(H,50,51)/t37-,38-,39-,40-/m0/s1. The van der Waals surface area contributed by atoms with E-state index in [9.17, 15) is 29.1 Å². The van der Waals surface area contributed by atoms with Gasteiger partial charge in [0.05, 0.1) is 23.7 Å². The number of hydrogen-bond acceptors (Lipinski definition) is 9. The van der Waals surface area contributed by atoms with Crippen molar-refractivity contribution in [1.82, 2.24) is 9.80 Å². The molecule has 0 bridgehead atoms. The summed E-state index contributed by atoms with van der Waals surface area (Å²) in [6, 6.07) is 33.0. The van der Waals surface area contributed by atoms with Gasteiger partial charge in [-0.3, -0.25) is 24.0 Å². The number of aliphatic carboxylic acids is 1. The minimum Gasteiger partial charge on any atom is -0.481 e. The molecule has 0 aliphatic heterocycles. The number of carbonyl (C=O) groups is 5. The summed E-state index contributed by atoms with van der Waals surface area (Å²) in [7, 11) is 0. The largest absolute Gasteiger partial charge is 0.481 e. The maximum Gasteiger partial charge on any atom is 0.313 e. The van der Waals surface area contributed by atoms with E-state index in [-0.39, 0.29) is 32.6 Å². The zero-order valence-corrected chi connectivity index (χ0v) is 31.9. The summed E-state index contributed by atoms with van der Waals surface area (Å²) < 4.78 is 22.0. The van der Waals surface area contributed by atoms with E-state index in [1.165, 1.54) is 4.90 Å². The molecule has 1 aliphatic rings. The maximum atomic E-state index is 14.6. The van der Waals surface area contributed by atoms with Crippen LogP contribution in [0.15, 0.2) is 109 Å². The van der Waals surface area contributed by atoms with E-state index >= 15 is 0 Å². The molecular weight excluding hydrogens is 716 g/mol. The molecule has 0 radical (unpaired) electrons. The van der Waals surface area contributed by atoms with Gasteiger partial charge in [0.15, 0.2) is 0 Å². The van der Waals surface area contributed by atoms with Crippen LogP contribution in [0.2, 0.25) is 0 Å². The quantitative estimate of drug-likeness (QED) is 0.0753. The molecule has 4 atom stereocenters. The van der Waals surface area contributed by atoms with Gasteiger partial charge in [0.2, 0.25) is 18.6 Å². The Bertz CT molecular complexity index is 1920. The smallest absolute Gasteiger partial charge is 0.313 e. The first-order chi connectivity index (χ1) is 27.1. The van der Waals surface area contributed by atoms with Gasteiger partial charge in [-0.15, -0.1) is 0 Å². The monoisotopic (exact) mass is 764 g/mol. The van der Waals surface area contributed by atoms with Crippen LogP contribution in [0.3, 0.4) is 0 Å². The van der Waals surface area contributed by atoms with Crippen molar-refractivity contribution in [3.8, 4) is 23.0 Å². The molecule has 4 aromatic rings. The van der Waals surface area contributed by atoms with Crippen molar-refractivity contribution in [2.75, 3.05) is 19.9 Å². The van der Waals surface area contributed by atoms with Crippen molar-refractivity contribution >= 4 is 29.7 Å². The van der Waals surface area contributed by atoms with Gasteiger partial charge in [-0.05, 0) is 72.5 Å². The number of esters is 2. The third kappa shape index (κ3) is 10.5. The average molecular weight is 765 g/mol. The number of hydrogen-bond donors (Lipinski definition) is 1. The zero-order chi connectivity index (χ0) is 40.0. The van der Waals surface area contributed by atoms with E-state index in [0.29, 0.717) is 35.8 Å². The number of benzene rings is 4. The Hall–Kier alpha value is -6.17. The molecule has 12 heteroatoms. The number of carboxylic acids is 1. The second-order valence-electron chi connectivity index (χ2n) is 13.5. The first-order valence-electron chi connectivity index (χ1n) is 18.9. The topological polar surface area (TPSA) is 149 Å². The zero-order valence-electron chi connectivity index (χ0n) is 31.9. The van der Waals surface area contributed by atoms with Crippen molar-refractivity contribution in [3.05, 3.63) is 120 Å². The Labute approximate surface area is 326 Å². The summed E-state index contributed by atoms with van der Waals surface area (Å²) in [6.45, 7) is 5.46. The van der Waals surface area contributed by atoms with Crippen molar-refractivity contribution in [2.45, 2.75) is 53.1 Å². The highest BCUT2D eigenvalue weighted by Crippen LogP contribution is 2.49. The minimum atomic E-state index is -1.55. The molecule has 2 amide bonds. The average Bonchev–Trinajstić information content (AvgIpc) is 3.19.